The zero-order valence-electron chi connectivity index (χ0n) is 20.5. The van der Waals surface area contributed by atoms with E-state index in [1.807, 2.05) is 4.90 Å². The summed E-state index contributed by atoms with van der Waals surface area (Å²) in [6.07, 6.45) is -4.86. The molecule has 4 rings (SSSR count). The number of piperazine rings is 1. The smallest absolute Gasteiger partial charge is 0.376 e. The minimum Gasteiger partial charge on any atom is -0.376 e. The van der Waals surface area contributed by atoms with Crippen LogP contribution in [0.4, 0.5) is 18.9 Å². The average Bonchev–Trinajstić information content (AvgIpc) is 2.85. The Morgan fingerprint density at radius 3 is 2.34 bits per heavy atom. The third kappa shape index (κ3) is 5.82. The van der Waals surface area contributed by atoms with Gasteiger partial charge in [-0.25, -0.2) is 13.3 Å². The molecule has 2 aliphatic heterocycles. The molecule has 2 aromatic rings. The van der Waals surface area contributed by atoms with Gasteiger partial charge in [-0.2, -0.15) is 29.2 Å². The first-order chi connectivity index (χ1) is 17.6. The van der Waals surface area contributed by atoms with Crippen LogP contribution in [-0.2, 0) is 15.6 Å². The number of hydrogen-bond donors (Lipinski definition) is 4. The number of benzene rings is 2. The van der Waals surface area contributed by atoms with Gasteiger partial charge in [-0.15, -0.1) is 12.6 Å². The van der Waals surface area contributed by atoms with Crippen molar-refractivity contribution in [3.05, 3.63) is 54.1 Å². The van der Waals surface area contributed by atoms with Crippen molar-refractivity contribution in [2.75, 3.05) is 49.1 Å². The van der Waals surface area contributed by atoms with Gasteiger partial charge in [0.2, 0.25) is 15.9 Å². The first-order valence-electron chi connectivity index (χ1n) is 11.9. The first kappa shape index (κ1) is 29.5. The standard InChI is InChI=1S/C24H30F3N3O5S3/c1-22(31,24(25,26)27)17-6-8-18(9-7-17)30-11-10-29(38(34,35)21-5-3-2-4-20(21)36)15-19(30)14-28-12-13-37-16-23(28,32)33/h2-9,19,31-33,36H,10-16H2,1H3/t19-,22?/m0/s1. The Bertz CT molecular complexity index is 1240. The van der Waals surface area contributed by atoms with Gasteiger partial charge in [-0.3, -0.25) is 0 Å². The molecule has 0 amide bonds. The van der Waals surface area contributed by atoms with Crippen LogP contribution in [0.25, 0.3) is 0 Å². The topological polar surface area (TPSA) is 105 Å². The molecule has 0 bridgehead atoms. The molecule has 2 aromatic carbocycles. The molecule has 0 aromatic heterocycles. The molecule has 38 heavy (non-hydrogen) atoms. The van der Waals surface area contributed by atoms with Crippen LogP contribution < -0.4 is 4.90 Å². The number of thiol groups is 1. The molecule has 2 saturated heterocycles. The number of nitrogens with zero attached hydrogens (tertiary/aromatic N) is 3. The fourth-order valence-corrected chi connectivity index (χ4v) is 7.65. The highest BCUT2D eigenvalue weighted by atomic mass is 32.2. The SMILES string of the molecule is CC(O)(c1ccc(N2CCN(S(=O)(=O)c3ccccc3S)C[C@@H]2CN2CCSCC2(O)O)cc1)C(F)(F)F. The summed E-state index contributed by atoms with van der Waals surface area (Å²) in [5, 5.41) is 31.1. The Labute approximate surface area is 229 Å². The summed E-state index contributed by atoms with van der Waals surface area (Å²) < 4.78 is 68.2. The van der Waals surface area contributed by atoms with Gasteiger partial charge in [-0.05, 0) is 36.8 Å². The minimum absolute atomic E-state index is 0.00614. The zero-order valence-corrected chi connectivity index (χ0v) is 23.1. The van der Waals surface area contributed by atoms with Crippen molar-refractivity contribution >= 4 is 40.1 Å². The van der Waals surface area contributed by atoms with Gasteiger partial charge in [0.1, 0.15) is 0 Å². The van der Waals surface area contributed by atoms with E-state index < -0.39 is 33.8 Å². The summed E-state index contributed by atoms with van der Waals surface area (Å²) in [5.74, 6) is -1.36. The number of halogens is 3. The molecule has 2 heterocycles. The molecule has 1 unspecified atom stereocenters. The molecular formula is C24H30F3N3O5S3. The summed E-state index contributed by atoms with van der Waals surface area (Å²) in [5.41, 5.74) is -2.83. The quantitative estimate of drug-likeness (QED) is 0.299. The van der Waals surface area contributed by atoms with E-state index >= 15 is 0 Å². The van der Waals surface area contributed by atoms with Crippen LogP contribution in [0.2, 0.25) is 0 Å². The van der Waals surface area contributed by atoms with Crippen molar-refractivity contribution in [2.24, 2.45) is 0 Å². The van der Waals surface area contributed by atoms with Gasteiger partial charge in [0.15, 0.2) is 5.60 Å². The van der Waals surface area contributed by atoms with Gasteiger partial charge in [0, 0.05) is 49.1 Å². The summed E-state index contributed by atoms with van der Waals surface area (Å²) >= 11 is 5.69. The largest absolute Gasteiger partial charge is 0.421 e. The first-order valence-corrected chi connectivity index (χ1v) is 14.9. The molecule has 2 aliphatic rings. The lowest BCUT2D eigenvalue weighted by molar-refractivity contribution is -0.258. The predicted octanol–water partition coefficient (Wildman–Crippen LogP) is 2.31. The van der Waals surface area contributed by atoms with Crippen LogP contribution in [0.5, 0.6) is 0 Å². The second-order valence-corrected chi connectivity index (χ2v) is 13.1. The Hall–Kier alpha value is -1.52. The molecule has 0 saturated carbocycles. The van der Waals surface area contributed by atoms with Gasteiger partial charge in [0.05, 0.1) is 16.7 Å². The van der Waals surface area contributed by atoms with Crippen molar-refractivity contribution < 1.29 is 36.9 Å². The van der Waals surface area contributed by atoms with Crippen LogP contribution in [0, 0.1) is 0 Å². The second-order valence-electron chi connectivity index (χ2n) is 9.57. The van der Waals surface area contributed by atoms with Crippen LogP contribution in [0.3, 0.4) is 0 Å². The Morgan fingerprint density at radius 2 is 1.74 bits per heavy atom. The minimum atomic E-state index is -4.86. The summed E-state index contributed by atoms with van der Waals surface area (Å²) in [6, 6.07) is 11.1. The lowest BCUT2D eigenvalue weighted by Gasteiger charge is -2.47. The Kier molecular flexibility index (Phi) is 8.38. The fourth-order valence-electron chi connectivity index (χ4n) is 4.64. The van der Waals surface area contributed by atoms with Gasteiger partial charge in [-0.1, -0.05) is 24.3 Å². The maximum atomic E-state index is 13.5. The van der Waals surface area contributed by atoms with E-state index in [9.17, 15) is 36.9 Å². The molecule has 0 spiro atoms. The molecule has 8 nitrogen and oxygen atoms in total. The maximum absolute atomic E-state index is 13.5. The molecule has 2 fully saturated rings. The lowest BCUT2D eigenvalue weighted by Crippen LogP contribution is -2.63. The lowest BCUT2D eigenvalue weighted by atomic mass is 9.95. The van der Waals surface area contributed by atoms with E-state index in [0.717, 1.165) is 0 Å². The van der Waals surface area contributed by atoms with Crippen molar-refractivity contribution in [2.45, 2.75) is 40.4 Å². The molecule has 3 N–H and O–H groups in total. The zero-order chi connectivity index (χ0) is 27.9. The van der Waals surface area contributed by atoms with Crippen LogP contribution in [0.15, 0.2) is 58.3 Å². The van der Waals surface area contributed by atoms with Crippen molar-refractivity contribution in [3.8, 4) is 0 Å². The highest BCUT2D eigenvalue weighted by molar-refractivity contribution is 7.99. The van der Waals surface area contributed by atoms with Crippen LogP contribution in [-0.4, -0.2) is 95.3 Å². The summed E-state index contributed by atoms with van der Waals surface area (Å²) in [4.78, 5) is 3.69. The molecule has 14 heteroatoms. The van der Waals surface area contributed by atoms with E-state index in [-0.39, 0.29) is 42.4 Å². The number of aliphatic hydroxyl groups is 3. The van der Waals surface area contributed by atoms with Gasteiger partial charge >= 0.3 is 6.18 Å². The number of sulfonamides is 1. The van der Waals surface area contributed by atoms with Crippen molar-refractivity contribution in [1.29, 1.82) is 0 Å². The third-order valence-corrected chi connectivity index (χ3v) is 10.5. The number of thioether (sulfide) groups is 1. The highest BCUT2D eigenvalue weighted by Gasteiger charge is 2.51. The summed E-state index contributed by atoms with van der Waals surface area (Å²) in [6.45, 7) is 1.46. The van der Waals surface area contributed by atoms with Crippen molar-refractivity contribution in [3.63, 3.8) is 0 Å². The number of alkyl halides is 3. The molecule has 2 atom stereocenters. The van der Waals surface area contributed by atoms with E-state index in [2.05, 4.69) is 12.6 Å². The normalized spacial score (nSPS) is 23.3. The molecule has 0 radical (unpaired) electrons. The van der Waals surface area contributed by atoms with E-state index in [1.165, 1.54) is 51.3 Å². The maximum Gasteiger partial charge on any atom is 0.421 e. The van der Waals surface area contributed by atoms with Crippen molar-refractivity contribution in [1.82, 2.24) is 9.21 Å². The number of rotatable bonds is 6. The van der Waals surface area contributed by atoms with E-state index in [1.54, 1.807) is 18.2 Å². The van der Waals surface area contributed by atoms with E-state index in [0.29, 0.717) is 29.8 Å². The molecule has 0 aliphatic carbocycles. The average molecular weight is 594 g/mol. The van der Waals surface area contributed by atoms with Gasteiger partial charge in [0.25, 0.3) is 0 Å². The van der Waals surface area contributed by atoms with Gasteiger partial charge < -0.3 is 20.2 Å². The molecular weight excluding hydrogens is 563 g/mol. The summed E-state index contributed by atoms with van der Waals surface area (Å²) in [7, 11) is -3.92. The van der Waals surface area contributed by atoms with E-state index in [4.69, 9.17) is 0 Å². The Balaban J connectivity index is 1.65. The molecule has 210 valence electrons. The fraction of sp³-hybridized carbons (Fsp3) is 0.500. The Morgan fingerprint density at radius 1 is 1.08 bits per heavy atom. The van der Waals surface area contributed by atoms with Crippen LogP contribution >= 0.6 is 24.4 Å². The van der Waals surface area contributed by atoms with Crippen LogP contribution in [0.1, 0.15) is 12.5 Å². The second kappa shape index (κ2) is 10.8. The predicted molar refractivity (Wildman–Crippen MR) is 142 cm³/mol. The third-order valence-electron chi connectivity index (χ3n) is 6.98. The number of hydrogen-bond acceptors (Lipinski definition) is 9. The number of anilines is 1. The monoisotopic (exact) mass is 593 g/mol. The highest BCUT2D eigenvalue weighted by Crippen LogP contribution is 2.39.